The molecule has 126 valence electrons. The van der Waals surface area contributed by atoms with Crippen molar-refractivity contribution in [2.45, 2.75) is 57.6 Å². The minimum atomic E-state index is -0.189. The molecule has 0 aliphatic heterocycles. The van der Waals surface area contributed by atoms with Gasteiger partial charge in [0.1, 0.15) is 0 Å². The van der Waals surface area contributed by atoms with Crippen molar-refractivity contribution in [2.24, 2.45) is 5.41 Å². The lowest BCUT2D eigenvalue weighted by Gasteiger charge is -2.59. The first-order chi connectivity index (χ1) is 11.1. The summed E-state index contributed by atoms with van der Waals surface area (Å²) in [5.74, 6) is -0.189. The second-order valence-electron chi connectivity index (χ2n) is 6.82. The summed E-state index contributed by atoms with van der Waals surface area (Å²) in [6, 6.07) is 5.14. The van der Waals surface area contributed by atoms with Crippen molar-refractivity contribution >= 4 is 5.91 Å². The van der Waals surface area contributed by atoms with Crippen LogP contribution in [0.4, 0.5) is 0 Å². The van der Waals surface area contributed by atoms with Gasteiger partial charge in [0.05, 0.1) is 6.10 Å². The third kappa shape index (κ3) is 2.71. The first kappa shape index (κ1) is 16.2. The quantitative estimate of drug-likeness (QED) is 0.633. The average molecular weight is 318 g/mol. The fraction of sp³-hybridized carbons (Fsp3) is 0.667. The summed E-state index contributed by atoms with van der Waals surface area (Å²) in [6.07, 6.45) is 8.42. The van der Waals surface area contributed by atoms with E-state index in [9.17, 15) is 10.0 Å². The molecule has 5 nitrogen and oxygen atoms in total. The second kappa shape index (κ2) is 6.48. The molecule has 0 saturated heterocycles. The molecule has 1 aromatic heterocycles. The molecule has 1 heterocycles. The largest absolute Gasteiger partial charge is 0.618 e. The minimum absolute atomic E-state index is 0.0845. The van der Waals surface area contributed by atoms with E-state index in [2.05, 4.69) is 0 Å². The monoisotopic (exact) mass is 318 g/mol. The number of nitrogens with zero attached hydrogens (tertiary/aromatic N) is 2. The third-order valence-electron chi connectivity index (χ3n) is 5.73. The summed E-state index contributed by atoms with van der Waals surface area (Å²) in [6.45, 7) is 2.75. The summed E-state index contributed by atoms with van der Waals surface area (Å²) < 4.78 is 6.61. The van der Waals surface area contributed by atoms with E-state index in [1.54, 1.807) is 23.1 Å². The highest BCUT2D eigenvalue weighted by atomic mass is 16.5. The van der Waals surface area contributed by atoms with Crippen LogP contribution in [0.5, 0.6) is 0 Å². The standard InChI is InChI=1S/C18H26N2O3/c1-3-23-16-13-15(18(16)10-6-4-7-11-18)19(2)17(21)14-9-5-8-12-20(14)22/h5,8-9,12,15-16H,3-4,6-7,10-11,13H2,1-2H3/t15-,16+/m0/s1. The van der Waals surface area contributed by atoms with Crippen LogP contribution in [0.1, 0.15) is 55.9 Å². The van der Waals surface area contributed by atoms with E-state index in [1.807, 2.05) is 14.0 Å². The fourth-order valence-corrected chi connectivity index (χ4v) is 4.49. The summed E-state index contributed by atoms with van der Waals surface area (Å²) in [5, 5.41) is 11.9. The number of amides is 1. The van der Waals surface area contributed by atoms with Gasteiger partial charge < -0.3 is 14.8 Å². The molecule has 0 N–H and O–H groups in total. The van der Waals surface area contributed by atoms with Crippen LogP contribution in [-0.2, 0) is 4.74 Å². The molecule has 23 heavy (non-hydrogen) atoms. The van der Waals surface area contributed by atoms with Crippen molar-refractivity contribution in [1.29, 1.82) is 0 Å². The maximum Gasteiger partial charge on any atom is 0.319 e. The zero-order chi connectivity index (χ0) is 16.4. The highest BCUT2D eigenvalue weighted by Gasteiger charge is 2.58. The molecule has 1 amide bonds. The Balaban J connectivity index is 1.80. The molecule has 2 fully saturated rings. The summed E-state index contributed by atoms with van der Waals surface area (Å²) in [7, 11) is 1.83. The molecule has 0 radical (unpaired) electrons. The first-order valence-electron chi connectivity index (χ1n) is 8.67. The van der Waals surface area contributed by atoms with Gasteiger partial charge in [-0.15, -0.1) is 0 Å². The number of pyridine rings is 1. The summed E-state index contributed by atoms with van der Waals surface area (Å²) >= 11 is 0. The van der Waals surface area contributed by atoms with Crippen LogP contribution >= 0.6 is 0 Å². The molecule has 2 aliphatic carbocycles. The van der Waals surface area contributed by atoms with Gasteiger partial charge in [0.2, 0.25) is 0 Å². The number of hydrogen-bond donors (Lipinski definition) is 0. The molecule has 0 unspecified atom stereocenters. The highest BCUT2D eigenvalue weighted by molar-refractivity contribution is 5.91. The molecule has 2 saturated carbocycles. The molecule has 1 aromatic rings. The van der Waals surface area contributed by atoms with Crippen LogP contribution in [0.2, 0.25) is 0 Å². The van der Waals surface area contributed by atoms with Gasteiger partial charge in [-0.25, -0.2) is 0 Å². The van der Waals surface area contributed by atoms with E-state index in [1.165, 1.54) is 25.5 Å². The van der Waals surface area contributed by atoms with Crippen molar-refractivity contribution in [3.05, 3.63) is 35.3 Å². The lowest BCUT2D eigenvalue weighted by atomic mass is 9.54. The minimum Gasteiger partial charge on any atom is -0.618 e. The predicted molar refractivity (Wildman–Crippen MR) is 86.8 cm³/mol. The van der Waals surface area contributed by atoms with Crippen LogP contribution in [-0.4, -0.2) is 36.6 Å². The number of carbonyl (C=O) groups excluding carboxylic acids is 1. The normalized spacial score (nSPS) is 25.8. The van der Waals surface area contributed by atoms with E-state index < -0.39 is 0 Å². The van der Waals surface area contributed by atoms with E-state index in [4.69, 9.17) is 4.74 Å². The molecule has 5 heteroatoms. The fourth-order valence-electron chi connectivity index (χ4n) is 4.49. The maximum absolute atomic E-state index is 12.8. The summed E-state index contributed by atoms with van der Waals surface area (Å²) in [5.41, 5.74) is 0.280. The van der Waals surface area contributed by atoms with Gasteiger partial charge in [-0.3, -0.25) is 4.79 Å². The average Bonchev–Trinajstić information content (AvgIpc) is 2.58. The van der Waals surface area contributed by atoms with Crippen LogP contribution in [0.25, 0.3) is 0 Å². The van der Waals surface area contributed by atoms with Gasteiger partial charge in [-0.1, -0.05) is 19.3 Å². The van der Waals surface area contributed by atoms with Gasteiger partial charge in [0.15, 0.2) is 6.20 Å². The van der Waals surface area contributed by atoms with Crippen LogP contribution in [0, 0.1) is 10.6 Å². The van der Waals surface area contributed by atoms with E-state index >= 15 is 0 Å². The third-order valence-corrected chi connectivity index (χ3v) is 5.73. The molecule has 2 aliphatic rings. The van der Waals surface area contributed by atoms with Gasteiger partial charge in [0, 0.05) is 37.2 Å². The molecule has 3 rings (SSSR count). The van der Waals surface area contributed by atoms with Crippen LogP contribution in [0.15, 0.2) is 24.4 Å². The number of aromatic nitrogens is 1. The summed E-state index contributed by atoms with van der Waals surface area (Å²) in [4.78, 5) is 14.5. The Hall–Kier alpha value is -1.62. The highest BCUT2D eigenvalue weighted by Crippen LogP contribution is 2.55. The Morgan fingerprint density at radius 2 is 2.13 bits per heavy atom. The maximum atomic E-state index is 12.8. The van der Waals surface area contributed by atoms with Gasteiger partial charge in [0.25, 0.3) is 5.69 Å². The van der Waals surface area contributed by atoms with Crippen molar-refractivity contribution in [3.8, 4) is 0 Å². The first-order valence-corrected chi connectivity index (χ1v) is 8.67. The molecular formula is C18H26N2O3. The van der Waals surface area contributed by atoms with Crippen molar-refractivity contribution in [2.75, 3.05) is 13.7 Å². The molecule has 0 aromatic carbocycles. The van der Waals surface area contributed by atoms with E-state index in [-0.39, 0.29) is 29.2 Å². The van der Waals surface area contributed by atoms with E-state index in [0.29, 0.717) is 4.73 Å². The number of rotatable bonds is 4. The topological polar surface area (TPSA) is 56.5 Å². The van der Waals surface area contributed by atoms with Gasteiger partial charge >= 0.3 is 5.91 Å². The Labute approximate surface area is 137 Å². The Morgan fingerprint density at radius 1 is 1.39 bits per heavy atom. The number of carbonyl (C=O) groups is 1. The zero-order valence-electron chi connectivity index (χ0n) is 14.0. The number of hydrogen-bond acceptors (Lipinski definition) is 3. The Morgan fingerprint density at radius 3 is 2.78 bits per heavy atom. The lowest BCUT2D eigenvalue weighted by molar-refractivity contribution is -0.608. The molecule has 2 atom stereocenters. The Kier molecular flexibility index (Phi) is 4.57. The van der Waals surface area contributed by atoms with E-state index in [0.717, 1.165) is 25.9 Å². The van der Waals surface area contributed by atoms with Crippen LogP contribution < -0.4 is 4.73 Å². The molecular weight excluding hydrogens is 292 g/mol. The molecule has 0 bridgehead atoms. The smallest absolute Gasteiger partial charge is 0.319 e. The zero-order valence-corrected chi connectivity index (χ0v) is 14.0. The predicted octanol–water partition coefficient (Wildman–Crippen LogP) is 2.52. The van der Waals surface area contributed by atoms with Gasteiger partial charge in [-0.2, -0.15) is 4.73 Å². The number of ether oxygens (including phenoxy) is 1. The van der Waals surface area contributed by atoms with Crippen LogP contribution in [0.3, 0.4) is 0 Å². The van der Waals surface area contributed by atoms with Crippen molar-refractivity contribution in [1.82, 2.24) is 4.90 Å². The Bertz CT molecular complexity index is 569. The van der Waals surface area contributed by atoms with Crippen molar-refractivity contribution in [3.63, 3.8) is 0 Å². The van der Waals surface area contributed by atoms with Gasteiger partial charge in [-0.05, 0) is 32.3 Å². The SMILES string of the molecule is CCO[C@@H]1C[C@H](N(C)C(=O)c2cccc[n+]2[O-])C12CCCCC2. The molecule has 1 spiro atoms. The lowest BCUT2D eigenvalue weighted by Crippen LogP contribution is -2.66. The van der Waals surface area contributed by atoms with Crippen molar-refractivity contribution < 1.29 is 14.3 Å². The second-order valence-corrected chi connectivity index (χ2v) is 6.82.